The van der Waals surface area contributed by atoms with Gasteiger partial charge in [0.25, 0.3) is 5.56 Å². The molecule has 0 spiro atoms. The minimum atomic E-state index is -0.674. The van der Waals surface area contributed by atoms with Gasteiger partial charge in [0.15, 0.2) is 4.80 Å². The van der Waals surface area contributed by atoms with Crippen LogP contribution in [0.1, 0.15) is 44.9 Å². The number of aromatic nitrogens is 1. The second-order valence-corrected chi connectivity index (χ2v) is 9.48. The average molecular weight is 497 g/mol. The number of benzene rings is 2. The number of rotatable bonds is 6. The van der Waals surface area contributed by atoms with Crippen LogP contribution in [0.3, 0.4) is 0 Å². The maximum Gasteiger partial charge on any atom is 0.338 e. The van der Waals surface area contributed by atoms with Crippen molar-refractivity contribution in [1.82, 2.24) is 4.57 Å². The highest BCUT2D eigenvalue weighted by Crippen LogP contribution is 2.32. The van der Waals surface area contributed by atoms with E-state index in [0.29, 0.717) is 38.0 Å². The molecule has 4 rings (SSSR count). The van der Waals surface area contributed by atoms with E-state index in [-0.39, 0.29) is 11.7 Å². The second kappa shape index (κ2) is 9.99. The summed E-state index contributed by atoms with van der Waals surface area (Å²) < 4.78 is 13.1. The van der Waals surface area contributed by atoms with Crippen molar-refractivity contribution in [1.29, 1.82) is 0 Å². The first-order chi connectivity index (χ1) is 16.3. The number of ether oxygens (including phenoxy) is 2. The zero-order valence-electron chi connectivity index (χ0n) is 19.4. The van der Waals surface area contributed by atoms with Crippen LogP contribution in [0.15, 0.2) is 69.6 Å². The van der Waals surface area contributed by atoms with E-state index in [1.807, 2.05) is 49.4 Å². The van der Waals surface area contributed by atoms with Crippen molar-refractivity contribution >= 4 is 35.0 Å². The van der Waals surface area contributed by atoms with Crippen LogP contribution in [0.5, 0.6) is 5.75 Å². The molecule has 1 aromatic heterocycles. The molecule has 0 amide bonds. The van der Waals surface area contributed by atoms with E-state index < -0.39 is 12.0 Å². The smallest absolute Gasteiger partial charge is 0.338 e. The summed E-state index contributed by atoms with van der Waals surface area (Å²) in [7, 11) is 0. The first kappa shape index (κ1) is 24.0. The average Bonchev–Trinajstić information content (AvgIpc) is 3.09. The molecule has 0 saturated carbocycles. The van der Waals surface area contributed by atoms with Crippen molar-refractivity contribution in [2.45, 2.75) is 39.8 Å². The Morgan fingerprint density at radius 2 is 1.91 bits per heavy atom. The van der Waals surface area contributed by atoms with Gasteiger partial charge in [0.05, 0.1) is 34.6 Å². The maximum atomic E-state index is 13.6. The number of hydrogen-bond acceptors (Lipinski definition) is 6. The van der Waals surface area contributed by atoms with Crippen LogP contribution in [-0.2, 0) is 9.53 Å². The van der Waals surface area contributed by atoms with E-state index >= 15 is 0 Å². The molecule has 0 saturated heterocycles. The highest BCUT2D eigenvalue weighted by Gasteiger charge is 2.33. The van der Waals surface area contributed by atoms with Crippen molar-refractivity contribution < 1.29 is 14.3 Å². The summed E-state index contributed by atoms with van der Waals surface area (Å²) in [5.41, 5.74) is 2.12. The third-order valence-electron chi connectivity index (χ3n) is 5.28. The van der Waals surface area contributed by atoms with E-state index in [4.69, 9.17) is 21.1 Å². The molecule has 0 bridgehead atoms. The van der Waals surface area contributed by atoms with Gasteiger partial charge in [-0.15, -0.1) is 0 Å². The first-order valence-corrected chi connectivity index (χ1v) is 12.2. The first-order valence-electron chi connectivity index (χ1n) is 11.0. The predicted octanol–water partition coefficient (Wildman–Crippen LogP) is 4.24. The molecule has 0 N–H and O–H groups in total. The fourth-order valence-electron chi connectivity index (χ4n) is 3.82. The van der Waals surface area contributed by atoms with Crippen molar-refractivity contribution in [3.8, 4) is 5.75 Å². The van der Waals surface area contributed by atoms with E-state index in [1.165, 1.54) is 11.3 Å². The Morgan fingerprint density at radius 1 is 1.21 bits per heavy atom. The minimum absolute atomic E-state index is 0.245. The van der Waals surface area contributed by atoms with Crippen molar-refractivity contribution in [3.63, 3.8) is 0 Å². The normalized spacial score (nSPS) is 15.8. The summed E-state index contributed by atoms with van der Waals surface area (Å²) in [5, 5.41) is 0.550. The Hall–Kier alpha value is -3.16. The SMILES string of the molecule is CCOc1ccc([C@@H]2C(C(=O)OC(C)C)=C(C)N=c3s/c(=C/c4ccccc4Cl)c(=O)n32)cc1. The number of halogens is 1. The third-order valence-corrected chi connectivity index (χ3v) is 6.61. The van der Waals surface area contributed by atoms with Crippen LogP contribution in [0.25, 0.3) is 6.08 Å². The van der Waals surface area contributed by atoms with Gasteiger partial charge in [-0.25, -0.2) is 9.79 Å². The van der Waals surface area contributed by atoms with Crippen molar-refractivity contribution in [2.75, 3.05) is 6.61 Å². The monoisotopic (exact) mass is 496 g/mol. The third kappa shape index (κ3) is 4.72. The molecule has 176 valence electrons. The highest BCUT2D eigenvalue weighted by atomic mass is 35.5. The maximum absolute atomic E-state index is 13.6. The number of hydrogen-bond donors (Lipinski definition) is 0. The molecular weight excluding hydrogens is 472 g/mol. The standard InChI is InChI=1S/C26H25ClN2O4S/c1-5-32-19-12-10-17(11-13-19)23-22(25(31)33-15(2)3)16(4)28-26-29(23)24(30)21(34-26)14-18-8-6-7-9-20(18)27/h6-15,23H,5H2,1-4H3/b21-14+/t23-/m1/s1. The molecule has 0 radical (unpaired) electrons. The Bertz CT molecular complexity index is 1430. The summed E-state index contributed by atoms with van der Waals surface area (Å²) in [6.07, 6.45) is 1.45. The topological polar surface area (TPSA) is 69.9 Å². The second-order valence-electron chi connectivity index (χ2n) is 8.06. The van der Waals surface area contributed by atoms with Gasteiger partial charge in [0.2, 0.25) is 0 Å². The molecule has 1 aliphatic rings. The number of thiazole rings is 1. The molecular formula is C26H25ClN2O4S. The number of carbonyl (C=O) groups excluding carboxylic acids is 1. The fraction of sp³-hybridized carbons (Fsp3) is 0.269. The lowest BCUT2D eigenvalue weighted by molar-refractivity contribution is -0.143. The van der Waals surface area contributed by atoms with Gasteiger partial charge in [-0.2, -0.15) is 0 Å². The Kier molecular flexibility index (Phi) is 7.05. The molecule has 1 aliphatic heterocycles. The lowest BCUT2D eigenvalue weighted by Gasteiger charge is -2.25. The fourth-order valence-corrected chi connectivity index (χ4v) is 5.05. The minimum Gasteiger partial charge on any atom is -0.494 e. The van der Waals surface area contributed by atoms with Crippen LogP contribution in [-0.4, -0.2) is 23.2 Å². The number of esters is 1. The van der Waals surface area contributed by atoms with Crippen LogP contribution in [0.2, 0.25) is 5.02 Å². The van der Waals surface area contributed by atoms with Crippen LogP contribution >= 0.6 is 22.9 Å². The summed E-state index contributed by atoms with van der Waals surface area (Å²) in [5.74, 6) is 0.222. The van der Waals surface area contributed by atoms with Crippen LogP contribution in [0.4, 0.5) is 0 Å². The van der Waals surface area contributed by atoms with Gasteiger partial charge < -0.3 is 9.47 Å². The molecule has 6 nitrogen and oxygen atoms in total. The Morgan fingerprint density at radius 3 is 2.56 bits per heavy atom. The lowest BCUT2D eigenvalue weighted by Crippen LogP contribution is -2.40. The molecule has 1 atom stereocenters. The van der Waals surface area contributed by atoms with E-state index in [9.17, 15) is 9.59 Å². The number of allylic oxidation sites excluding steroid dienone is 1. The number of fused-ring (bicyclic) bond motifs is 1. The van der Waals surface area contributed by atoms with Crippen molar-refractivity contribution in [3.05, 3.63) is 95.6 Å². The predicted molar refractivity (Wildman–Crippen MR) is 134 cm³/mol. The van der Waals surface area contributed by atoms with Gasteiger partial charge >= 0.3 is 5.97 Å². The lowest BCUT2D eigenvalue weighted by atomic mass is 9.96. The summed E-state index contributed by atoms with van der Waals surface area (Å²) in [6.45, 7) is 7.81. The van der Waals surface area contributed by atoms with E-state index in [2.05, 4.69) is 4.99 Å². The molecule has 0 aliphatic carbocycles. The molecule has 34 heavy (non-hydrogen) atoms. The van der Waals surface area contributed by atoms with E-state index in [0.717, 1.165) is 11.1 Å². The molecule has 3 aromatic rings. The zero-order chi connectivity index (χ0) is 24.4. The summed E-state index contributed by atoms with van der Waals surface area (Å²) in [4.78, 5) is 31.9. The zero-order valence-corrected chi connectivity index (χ0v) is 20.9. The van der Waals surface area contributed by atoms with Gasteiger partial charge in [-0.05, 0) is 63.1 Å². The molecule has 0 unspecified atom stereocenters. The highest BCUT2D eigenvalue weighted by molar-refractivity contribution is 7.07. The summed E-state index contributed by atoms with van der Waals surface area (Å²) >= 11 is 7.58. The number of carbonyl (C=O) groups is 1. The molecule has 2 heterocycles. The van der Waals surface area contributed by atoms with Crippen molar-refractivity contribution in [2.24, 2.45) is 4.99 Å². The van der Waals surface area contributed by atoms with Crippen LogP contribution < -0.4 is 19.6 Å². The Labute approximate surface area is 206 Å². The Balaban J connectivity index is 1.92. The largest absolute Gasteiger partial charge is 0.494 e. The van der Waals surface area contributed by atoms with Crippen LogP contribution in [0, 0.1) is 0 Å². The number of nitrogens with zero attached hydrogens (tertiary/aromatic N) is 2. The molecule has 8 heteroatoms. The quantitative estimate of drug-likeness (QED) is 0.479. The van der Waals surface area contributed by atoms with E-state index in [1.54, 1.807) is 37.5 Å². The molecule has 0 fully saturated rings. The summed E-state index contributed by atoms with van der Waals surface area (Å²) in [6, 6.07) is 14.0. The van der Waals surface area contributed by atoms with Gasteiger partial charge in [-0.1, -0.05) is 53.3 Å². The van der Waals surface area contributed by atoms with Gasteiger partial charge in [0, 0.05) is 5.02 Å². The van der Waals surface area contributed by atoms with Gasteiger partial charge in [-0.3, -0.25) is 9.36 Å². The molecule has 2 aromatic carbocycles. The van der Waals surface area contributed by atoms with Gasteiger partial charge in [0.1, 0.15) is 5.75 Å².